The van der Waals surface area contributed by atoms with Crippen LogP contribution in [0.5, 0.6) is 0 Å². The lowest BCUT2D eigenvalue weighted by molar-refractivity contribution is 0.0997. The first kappa shape index (κ1) is 10.7. The van der Waals surface area contributed by atoms with E-state index in [4.69, 9.17) is 5.73 Å². The fraction of sp³-hybridized carbons (Fsp3) is 0. The van der Waals surface area contributed by atoms with Crippen LogP contribution in [0.1, 0.15) is 10.4 Å². The maximum absolute atomic E-state index is 11.2. The molecule has 4 heteroatoms. The molecule has 80 valence electrons. The smallest absolute Gasteiger partial charge is 0.249 e. The van der Waals surface area contributed by atoms with Gasteiger partial charge in [-0.2, -0.15) is 0 Å². The number of pyridine rings is 1. The minimum absolute atomic E-state index is 0.405. The Balaban J connectivity index is 2.31. The van der Waals surface area contributed by atoms with Crippen molar-refractivity contribution in [2.24, 2.45) is 5.73 Å². The van der Waals surface area contributed by atoms with Crippen LogP contribution in [-0.4, -0.2) is 10.9 Å². The molecule has 2 aromatic rings. The topological polar surface area (TPSA) is 56.0 Å². The molecule has 0 atom stereocenters. The number of aromatic nitrogens is 1. The molecule has 0 radical (unpaired) electrons. The number of hydrogen-bond acceptors (Lipinski definition) is 3. The summed E-state index contributed by atoms with van der Waals surface area (Å²) in [6.07, 6.45) is 3.43. The molecule has 2 rings (SSSR count). The SMILES string of the molecule is NC(=O)c1ccccc1Sc1ccncc1. The van der Waals surface area contributed by atoms with Gasteiger partial charge in [0.1, 0.15) is 0 Å². The van der Waals surface area contributed by atoms with Crippen LogP contribution >= 0.6 is 11.8 Å². The van der Waals surface area contributed by atoms with Crippen molar-refractivity contribution >= 4 is 17.7 Å². The highest BCUT2D eigenvalue weighted by Crippen LogP contribution is 2.29. The summed E-state index contributed by atoms with van der Waals surface area (Å²) in [5.74, 6) is -0.405. The molecule has 0 aliphatic carbocycles. The molecule has 0 aliphatic heterocycles. The fourth-order valence-corrected chi connectivity index (χ4v) is 2.23. The van der Waals surface area contributed by atoms with Crippen molar-refractivity contribution in [1.82, 2.24) is 4.98 Å². The second-order valence-corrected chi connectivity index (χ2v) is 4.26. The van der Waals surface area contributed by atoms with Crippen molar-refractivity contribution in [2.45, 2.75) is 9.79 Å². The normalized spacial score (nSPS) is 10.0. The summed E-state index contributed by atoms with van der Waals surface area (Å²) in [5, 5.41) is 0. The molecule has 0 saturated carbocycles. The Labute approximate surface area is 97.7 Å². The van der Waals surface area contributed by atoms with Crippen LogP contribution in [0, 0.1) is 0 Å². The Morgan fingerprint density at radius 2 is 1.81 bits per heavy atom. The van der Waals surface area contributed by atoms with E-state index >= 15 is 0 Å². The van der Waals surface area contributed by atoms with Gasteiger partial charge in [-0.25, -0.2) is 0 Å². The minimum Gasteiger partial charge on any atom is -0.366 e. The van der Waals surface area contributed by atoms with Crippen molar-refractivity contribution in [3.63, 3.8) is 0 Å². The number of nitrogens with zero attached hydrogens (tertiary/aromatic N) is 1. The molecular weight excluding hydrogens is 220 g/mol. The number of hydrogen-bond donors (Lipinski definition) is 1. The molecule has 0 aliphatic rings. The summed E-state index contributed by atoms with van der Waals surface area (Å²) in [7, 11) is 0. The summed E-state index contributed by atoms with van der Waals surface area (Å²) in [4.78, 5) is 17.0. The van der Waals surface area contributed by atoms with Crippen LogP contribution in [0.15, 0.2) is 58.6 Å². The van der Waals surface area contributed by atoms with Crippen LogP contribution < -0.4 is 5.73 Å². The summed E-state index contributed by atoms with van der Waals surface area (Å²) < 4.78 is 0. The first-order valence-corrected chi connectivity index (χ1v) is 5.56. The summed E-state index contributed by atoms with van der Waals surface area (Å²) >= 11 is 1.50. The van der Waals surface area contributed by atoms with Crippen molar-refractivity contribution in [2.75, 3.05) is 0 Å². The first-order valence-electron chi connectivity index (χ1n) is 4.74. The van der Waals surface area contributed by atoms with E-state index in [1.165, 1.54) is 11.8 Å². The third-order valence-electron chi connectivity index (χ3n) is 2.03. The lowest BCUT2D eigenvalue weighted by Gasteiger charge is -2.05. The highest BCUT2D eigenvalue weighted by Gasteiger charge is 2.07. The molecule has 2 N–H and O–H groups in total. The molecule has 1 aromatic carbocycles. The molecule has 1 amide bonds. The van der Waals surface area contributed by atoms with E-state index in [0.29, 0.717) is 5.56 Å². The van der Waals surface area contributed by atoms with Crippen LogP contribution in [0.25, 0.3) is 0 Å². The number of rotatable bonds is 3. The molecule has 0 bridgehead atoms. The zero-order chi connectivity index (χ0) is 11.4. The Kier molecular flexibility index (Phi) is 3.22. The maximum atomic E-state index is 11.2. The monoisotopic (exact) mass is 230 g/mol. The van der Waals surface area contributed by atoms with E-state index in [9.17, 15) is 4.79 Å². The van der Waals surface area contributed by atoms with Gasteiger partial charge in [-0.15, -0.1) is 0 Å². The molecule has 0 saturated heterocycles. The van der Waals surface area contributed by atoms with Gasteiger partial charge < -0.3 is 5.73 Å². The summed E-state index contributed by atoms with van der Waals surface area (Å²) in [6.45, 7) is 0. The highest BCUT2D eigenvalue weighted by molar-refractivity contribution is 7.99. The van der Waals surface area contributed by atoms with Gasteiger partial charge in [0, 0.05) is 22.2 Å². The lowest BCUT2D eigenvalue weighted by Crippen LogP contribution is -2.11. The van der Waals surface area contributed by atoms with Crippen molar-refractivity contribution < 1.29 is 4.79 Å². The van der Waals surface area contributed by atoms with Gasteiger partial charge in [0.05, 0.1) is 5.56 Å². The third kappa shape index (κ3) is 2.41. The van der Waals surface area contributed by atoms with Gasteiger partial charge in [-0.05, 0) is 24.3 Å². The van der Waals surface area contributed by atoms with E-state index in [0.717, 1.165) is 9.79 Å². The zero-order valence-electron chi connectivity index (χ0n) is 8.46. The molecule has 0 unspecified atom stereocenters. The first-order chi connectivity index (χ1) is 7.77. The van der Waals surface area contributed by atoms with Gasteiger partial charge in [0.25, 0.3) is 0 Å². The van der Waals surface area contributed by atoms with Crippen LogP contribution in [0.4, 0.5) is 0 Å². The highest BCUT2D eigenvalue weighted by atomic mass is 32.2. The largest absolute Gasteiger partial charge is 0.366 e. The van der Waals surface area contributed by atoms with E-state index in [1.54, 1.807) is 24.5 Å². The minimum atomic E-state index is -0.405. The number of primary amides is 1. The van der Waals surface area contributed by atoms with Crippen LogP contribution in [-0.2, 0) is 0 Å². The standard InChI is InChI=1S/C12H10N2OS/c13-12(15)10-3-1-2-4-11(10)16-9-5-7-14-8-6-9/h1-8H,(H2,13,15). The predicted molar refractivity (Wildman–Crippen MR) is 63.3 cm³/mol. The molecule has 0 fully saturated rings. The molecule has 3 nitrogen and oxygen atoms in total. The molecule has 1 aromatic heterocycles. The number of benzene rings is 1. The quantitative estimate of drug-likeness (QED) is 0.880. The predicted octanol–water partition coefficient (Wildman–Crippen LogP) is 2.33. The summed E-state index contributed by atoms with van der Waals surface area (Å²) in [5.41, 5.74) is 5.85. The number of carbonyl (C=O) groups is 1. The second kappa shape index (κ2) is 4.81. The lowest BCUT2D eigenvalue weighted by atomic mass is 10.2. The van der Waals surface area contributed by atoms with Crippen LogP contribution in [0.3, 0.4) is 0 Å². The van der Waals surface area contributed by atoms with Gasteiger partial charge in [-0.1, -0.05) is 23.9 Å². The molecular formula is C12H10N2OS. The van der Waals surface area contributed by atoms with E-state index in [1.807, 2.05) is 24.3 Å². The molecule has 0 spiro atoms. The van der Waals surface area contributed by atoms with E-state index in [2.05, 4.69) is 4.98 Å². The molecule has 1 heterocycles. The van der Waals surface area contributed by atoms with E-state index in [-0.39, 0.29) is 0 Å². The van der Waals surface area contributed by atoms with Crippen molar-refractivity contribution in [3.05, 3.63) is 54.4 Å². The Morgan fingerprint density at radius 1 is 1.12 bits per heavy atom. The Hall–Kier alpha value is -1.81. The number of carbonyl (C=O) groups excluding carboxylic acids is 1. The van der Waals surface area contributed by atoms with E-state index < -0.39 is 5.91 Å². The number of nitrogens with two attached hydrogens (primary N) is 1. The summed E-state index contributed by atoms with van der Waals surface area (Å²) in [6, 6.07) is 11.1. The zero-order valence-corrected chi connectivity index (χ0v) is 9.28. The van der Waals surface area contributed by atoms with Gasteiger partial charge in [-0.3, -0.25) is 9.78 Å². The van der Waals surface area contributed by atoms with Gasteiger partial charge >= 0.3 is 0 Å². The van der Waals surface area contributed by atoms with Gasteiger partial charge in [0.2, 0.25) is 5.91 Å². The van der Waals surface area contributed by atoms with Crippen molar-refractivity contribution in [3.8, 4) is 0 Å². The third-order valence-corrected chi connectivity index (χ3v) is 3.11. The Bertz CT molecular complexity index is 499. The average molecular weight is 230 g/mol. The van der Waals surface area contributed by atoms with Crippen LogP contribution in [0.2, 0.25) is 0 Å². The van der Waals surface area contributed by atoms with Crippen molar-refractivity contribution in [1.29, 1.82) is 0 Å². The fourth-order valence-electron chi connectivity index (χ4n) is 1.29. The second-order valence-electron chi connectivity index (χ2n) is 3.15. The Morgan fingerprint density at radius 3 is 2.50 bits per heavy atom. The maximum Gasteiger partial charge on any atom is 0.249 e. The molecule has 16 heavy (non-hydrogen) atoms. The van der Waals surface area contributed by atoms with Gasteiger partial charge in [0.15, 0.2) is 0 Å². The number of amides is 1. The average Bonchev–Trinajstić information content (AvgIpc) is 2.31.